The van der Waals surface area contributed by atoms with Gasteiger partial charge in [-0.2, -0.15) is 4.80 Å². The molecule has 1 unspecified atom stereocenters. The lowest BCUT2D eigenvalue weighted by Gasteiger charge is -2.54. The van der Waals surface area contributed by atoms with Gasteiger partial charge in [-0.25, -0.2) is 0 Å². The van der Waals surface area contributed by atoms with Gasteiger partial charge in [-0.3, -0.25) is 4.79 Å². The summed E-state index contributed by atoms with van der Waals surface area (Å²) in [6.45, 7) is 9.09. The van der Waals surface area contributed by atoms with Gasteiger partial charge in [0.05, 0.1) is 5.60 Å². The van der Waals surface area contributed by atoms with E-state index in [0.29, 0.717) is 24.2 Å². The van der Waals surface area contributed by atoms with E-state index in [2.05, 4.69) is 29.3 Å². The largest absolute Gasteiger partial charge is 0.390 e. The number of carbonyl (C=O) groups is 1. The molecule has 0 aromatic carbocycles. The molecule has 0 saturated heterocycles. The Bertz CT molecular complexity index is 851. The van der Waals surface area contributed by atoms with E-state index in [1.54, 1.807) is 0 Å². The quantitative estimate of drug-likeness (QED) is 0.775. The molecule has 0 spiro atoms. The van der Waals surface area contributed by atoms with Crippen LogP contribution in [0.4, 0.5) is 0 Å². The van der Waals surface area contributed by atoms with E-state index in [1.807, 2.05) is 13.8 Å². The fourth-order valence-corrected chi connectivity index (χ4v) is 9.50. The first kappa shape index (κ1) is 19.4. The SMILES string of the molecule is C[C@H]1CC[C@@H]2[C@H](CC[C@@]3(C)[C@H]2[C@@H]2C4[C@@H]2[C@]43C(=O)Cn2ncnn2)[C@H]1CCC(C)(C)O. The molecule has 1 N–H and O–H groups in total. The van der Waals surface area contributed by atoms with Gasteiger partial charge in [0.15, 0.2) is 12.1 Å². The van der Waals surface area contributed by atoms with Crippen LogP contribution in [-0.2, 0) is 11.3 Å². The Morgan fingerprint density at radius 2 is 1.97 bits per heavy atom. The normalized spacial score (nSPS) is 50.4. The zero-order valence-corrected chi connectivity index (χ0v) is 18.8. The van der Waals surface area contributed by atoms with E-state index in [9.17, 15) is 9.90 Å². The number of tetrazole rings is 1. The number of Topliss-reactive ketones (excluding diaryl/α,β-unsaturated/α-hetero) is 1. The first-order chi connectivity index (χ1) is 14.2. The summed E-state index contributed by atoms with van der Waals surface area (Å²) in [4.78, 5) is 15.0. The zero-order valence-electron chi connectivity index (χ0n) is 18.8. The molecule has 6 fully saturated rings. The lowest BCUT2D eigenvalue weighted by atomic mass is 9.50. The average molecular weight is 413 g/mol. The van der Waals surface area contributed by atoms with Crippen LogP contribution in [0.15, 0.2) is 6.33 Å². The summed E-state index contributed by atoms with van der Waals surface area (Å²) < 4.78 is 0. The van der Waals surface area contributed by atoms with Gasteiger partial charge in [0.25, 0.3) is 0 Å². The second-order valence-corrected chi connectivity index (χ2v) is 12.3. The van der Waals surface area contributed by atoms with E-state index in [0.717, 1.165) is 48.3 Å². The minimum atomic E-state index is -0.569. The Labute approximate surface area is 179 Å². The predicted octanol–water partition coefficient (Wildman–Crippen LogP) is 3.36. The van der Waals surface area contributed by atoms with Crippen LogP contribution in [0.5, 0.6) is 0 Å². The van der Waals surface area contributed by atoms with Gasteiger partial charge in [-0.1, -0.05) is 20.3 Å². The van der Waals surface area contributed by atoms with E-state index in [-0.39, 0.29) is 10.8 Å². The van der Waals surface area contributed by atoms with Crippen LogP contribution in [0.25, 0.3) is 0 Å². The van der Waals surface area contributed by atoms with Crippen molar-refractivity contribution in [2.24, 2.45) is 58.2 Å². The van der Waals surface area contributed by atoms with Gasteiger partial charge in [0.1, 0.15) is 6.54 Å². The number of aromatic nitrogens is 4. The second kappa shape index (κ2) is 5.93. The molecular weight excluding hydrogens is 376 g/mol. The third kappa shape index (κ3) is 2.29. The Morgan fingerprint density at radius 1 is 1.20 bits per heavy atom. The molecule has 0 amide bonds. The summed E-state index contributed by atoms with van der Waals surface area (Å²) in [6.07, 6.45) is 8.59. The zero-order chi connectivity index (χ0) is 21.1. The smallest absolute Gasteiger partial charge is 0.163 e. The highest BCUT2D eigenvalue weighted by molar-refractivity contribution is 5.93. The van der Waals surface area contributed by atoms with Crippen molar-refractivity contribution in [1.82, 2.24) is 20.2 Å². The van der Waals surface area contributed by atoms with Crippen molar-refractivity contribution in [1.29, 1.82) is 0 Å². The van der Waals surface area contributed by atoms with E-state index < -0.39 is 5.60 Å². The standard InChI is InChI=1S/C24H36N4O2/c1-13-5-6-16-15(14(13)7-9-22(2,3)30)8-10-23(4)19(16)18-20-21(18)24(20,23)17(29)11-28-26-12-25-27-28/h12-16,18-21,30H,5-11H2,1-4H3/t13-,14-,15+,16+,18-,19+,20+,21?,23-,24+/m0/s1. The number of rotatable bonds is 6. The minimum Gasteiger partial charge on any atom is -0.390 e. The van der Waals surface area contributed by atoms with Crippen LogP contribution in [0.3, 0.4) is 0 Å². The lowest BCUT2D eigenvalue weighted by molar-refractivity contribution is -0.134. The molecule has 10 atom stereocenters. The van der Waals surface area contributed by atoms with E-state index in [4.69, 9.17) is 0 Å². The number of carbonyl (C=O) groups excluding carboxylic acids is 1. The highest BCUT2D eigenvalue weighted by Crippen LogP contribution is 2.99. The molecule has 2 bridgehead atoms. The number of ketones is 1. The van der Waals surface area contributed by atoms with Crippen molar-refractivity contribution >= 4 is 5.78 Å². The summed E-state index contributed by atoms with van der Waals surface area (Å²) >= 11 is 0. The summed E-state index contributed by atoms with van der Waals surface area (Å²) in [6, 6.07) is 0. The highest BCUT2D eigenvalue weighted by atomic mass is 16.3. The molecule has 0 aliphatic heterocycles. The molecule has 1 aromatic rings. The number of nitrogens with zero attached hydrogens (tertiary/aromatic N) is 4. The van der Waals surface area contributed by atoms with Gasteiger partial charge in [0, 0.05) is 5.41 Å². The minimum absolute atomic E-state index is 0.0768. The van der Waals surface area contributed by atoms with Gasteiger partial charge < -0.3 is 5.11 Å². The van der Waals surface area contributed by atoms with Crippen LogP contribution in [-0.4, -0.2) is 36.7 Å². The number of fused-ring (bicyclic) bond motifs is 1. The van der Waals surface area contributed by atoms with E-state index >= 15 is 0 Å². The fourth-order valence-electron chi connectivity index (χ4n) is 9.50. The molecular formula is C24H36N4O2. The maximum absolute atomic E-state index is 13.5. The molecule has 30 heavy (non-hydrogen) atoms. The third-order valence-corrected chi connectivity index (χ3v) is 10.6. The molecule has 0 radical (unpaired) electrons. The maximum atomic E-state index is 13.5. The van der Waals surface area contributed by atoms with Crippen LogP contribution < -0.4 is 0 Å². The molecule has 1 aromatic heterocycles. The molecule has 7 rings (SSSR count). The van der Waals surface area contributed by atoms with Gasteiger partial charge in [-0.15, -0.1) is 10.2 Å². The first-order valence-electron chi connectivity index (χ1n) is 12.2. The van der Waals surface area contributed by atoms with Gasteiger partial charge in [0.2, 0.25) is 0 Å². The maximum Gasteiger partial charge on any atom is 0.163 e. The topological polar surface area (TPSA) is 80.9 Å². The Morgan fingerprint density at radius 3 is 2.63 bits per heavy atom. The van der Waals surface area contributed by atoms with Crippen molar-refractivity contribution in [3.8, 4) is 0 Å². The fraction of sp³-hybridized carbons (Fsp3) is 0.917. The van der Waals surface area contributed by atoms with Crippen LogP contribution in [0, 0.1) is 58.2 Å². The monoisotopic (exact) mass is 412 g/mol. The molecule has 1 heterocycles. The van der Waals surface area contributed by atoms with Gasteiger partial charge in [-0.05, 0) is 104 Å². The third-order valence-electron chi connectivity index (χ3n) is 10.6. The second-order valence-electron chi connectivity index (χ2n) is 12.3. The number of hydrogen-bond acceptors (Lipinski definition) is 5. The summed E-state index contributed by atoms with van der Waals surface area (Å²) in [5.41, 5.74) is -0.472. The van der Waals surface area contributed by atoms with Crippen LogP contribution in [0.2, 0.25) is 0 Å². The van der Waals surface area contributed by atoms with Crippen molar-refractivity contribution in [3.05, 3.63) is 6.33 Å². The Balaban J connectivity index is 1.24. The van der Waals surface area contributed by atoms with E-state index in [1.165, 1.54) is 36.8 Å². The summed E-state index contributed by atoms with van der Waals surface area (Å²) in [7, 11) is 0. The van der Waals surface area contributed by atoms with Crippen molar-refractivity contribution in [2.45, 2.75) is 78.4 Å². The van der Waals surface area contributed by atoms with Crippen molar-refractivity contribution in [2.75, 3.05) is 0 Å². The molecule has 6 aliphatic rings. The Kier molecular flexibility index (Phi) is 3.83. The van der Waals surface area contributed by atoms with Crippen molar-refractivity contribution < 1.29 is 9.90 Å². The Hall–Kier alpha value is -1.30. The van der Waals surface area contributed by atoms with Crippen LogP contribution in [0.1, 0.15) is 66.2 Å². The first-order valence-corrected chi connectivity index (χ1v) is 12.2. The molecule has 6 heteroatoms. The highest BCUT2D eigenvalue weighted by Gasteiger charge is 2.99. The molecule has 6 aliphatic carbocycles. The summed E-state index contributed by atoms with van der Waals surface area (Å²) in [5.74, 6) is 6.28. The molecule has 164 valence electrons. The summed E-state index contributed by atoms with van der Waals surface area (Å²) in [5, 5.41) is 22.1. The van der Waals surface area contributed by atoms with Crippen molar-refractivity contribution in [3.63, 3.8) is 0 Å². The van der Waals surface area contributed by atoms with Gasteiger partial charge >= 0.3 is 0 Å². The molecule has 6 nitrogen and oxygen atoms in total. The van der Waals surface area contributed by atoms with Crippen LogP contribution >= 0.6 is 0 Å². The lowest BCUT2D eigenvalue weighted by Crippen LogP contribution is -2.49. The number of hydrogen-bond donors (Lipinski definition) is 1. The number of aliphatic hydroxyl groups is 1. The molecule has 6 saturated carbocycles. The predicted molar refractivity (Wildman–Crippen MR) is 111 cm³/mol. The average Bonchev–Trinajstić information content (AvgIpc) is 3.41.